The Morgan fingerprint density at radius 3 is 2.68 bits per heavy atom. The summed E-state index contributed by atoms with van der Waals surface area (Å²) >= 11 is 7.37. The lowest BCUT2D eigenvalue weighted by Gasteiger charge is -2.09. The van der Waals surface area contributed by atoms with Crippen LogP contribution in [0.15, 0.2) is 32.7 Å². The van der Waals surface area contributed by atoms with Crippen LogP contribution in [0.5, 0.6) is 0 Å². The van der Waals surface area contributed by atoms with E-state index in [2.05, 4.69) is 0 Å². The number of hydrogen-bond donors (Lipinski definition) is 2. The normalized spacial score (nSPS) is 10.5. The van der Waals surface area contributed by atoms with E-state index in [-0.39, 0.29) is 16.4 Å². The van der Waals surface area contributed by atoms with Crippen LogP contribution in [0, 0.1) is 0 Å². The highest BCUT2D eigenvalue weighted by molar-refractivity contribution is 7.98. The fourth-order valence-corrected chi connectivity index (χ4v) is 2.61. The summed E-state index contributed by atoms with van der Waals surface area (Å²) in [7, 11) is 1.30. The number of nitrogens with two attached hydrogens (primary N) is 1. The number of esters is 1. The van der Waals surface area contributed by atoms with Crippen LogP contribution in [0.4, 0.5) is 5.82 Å². The minimum atomic E-state index is -0.941. The molecule has 0 radical (unpaired) electrons. The number of ether oxygens (including phenoxy) is 1. The summed E-state index contributed by atoms with van der Waals surface area (Å²) in [6.07, 6.45) is 1.83. The van der Waals surface area contributed by atoms with Crippen LogP contribution in [-0.2, 0) is 11.8 Å². The third-order valence-corrected chi connectivity index (χ3v) is 4.43. The molecule has 0 atom stereocenters. The number of carbonyl (C=O) groups excluding carboxylic acids is 2. The topological polar surface area (TPSA) is 124 Å². The Morgan fingerprint density at radius 1 is 1.36 bits per heavy atom. The van der Waals surface area contributed by atoms with Crippen molar-refractivity contribution < 1.29 is 14.3 Å². The minimum absolute atomic E-state index is 0.101. The second kappa shape index (κ2) is 7.58. The van der Waals surface area contributed by atoms with Gasteiger partial charge in [-0.15, -0.1) is 11.8 Å². The molecule has 2 rings (SSSR count). The van der Waals surface area contributed by atoms with Crippen LogP contribution in [0.1, 0.15) is 20.7 Å². The van der Waals surface area contributed by atoms with Crippen LogP contribution >= 0.6 is 23.4 Å². The molecule has 3 N–H and O–H groups in total. The van der Waals surface area contributed by atoms with Crippen molar-refractivity contribution in [2.75, 3.05) is 18.6 Å². The van der Waals surface area contributed by atoms with Gasteiger partial charge in [-0.2, -0.15) is 0 Å². The molecule has 1 heterocycles. The van der Waals surface area contributed by atoms with Crippen LogP contribution in [0.2, 0.25) is 5.02 Å². The fourth-order valence-electron chi connectivity index (χ4n) is 1.98. The number of rotatable bonds is 5. The molecule has 0 aliphatic rings. The number of halogens is 1. The van der Waals surface area contributed by atoms with E-state index in [9.17, 15) is 19.2 Å². The summed E-state index contributed by atoms with van der Waals surface area (Å²) in [6.45, 7) is -0.718. The van der Waals surface area contributed by atoms with Gasteiger partial charge in [-0.25, -0.2) is 9.59 Å². The summed E-state index contributed by atoms with van der Waals surface area (Å²) in [6, 6.07) is 4.81. The molecule has 0 aliphatic heterocycles. The van der Waals surface area contributed by atoms with Crippen molar-refractivity contribution in [2.24, 2.45) is 7.05 Å². The summed E-state index contributed by atoms with van der Waals surface area (Å²) in [5.74, 6) is -1.95. The number of thioether (sulfide) groups is 1. The third-order valence-electron chi connectivity index (χ3n) is 3.38. The van der Waals surface area contributed by atoms with Gasteiger partial charge in [0.25, 0.3) is 5.56 Å². The molecule has 132 valence electrons. The number of nitrogen functional groups attached to an aromatic ring is 1. The summed E-state index contributed by atoms with van der Waals surface area (Å²) < 4.78 is 5.84. The van der Waals surface area contributed by atoms with Crippen molar-refractivity contribution >= 4 is 40.9 Å². The Hall–Kier alpha value is -2.52. The van der Waals surface area contributed by atoms with Crippen LogP contribution < -0.4 is 17.0 Å². The smallest absolute Gasteiger partial charge is 0.340 e. The molecule has 10 heteroatoms. The van der Waals surface area contributed by atoms with Gasteiger partial charge in [0.05, 0.1) is 10.6 Å². The van der Waals surface area contributed by atoms with E-state index >= 15 is 0 Å². The molecular weight excluding hydrogens is 370 g/mol. The predicted octanol–water partition coefficient (Wildman–Crippen LogP) is 1.07. The van der Waals surface area contributed by atoms with E-state index in [0.29, 0.717) is 0 Å². The molecule has 25 heavy (non-hydrogen) atoms. The first-order valence-corrected chi connectivity index (χ1v) is 8.49. The number of anilines is 1. The van der Waals surface area contributed by atoms with Gasteiger partial charge in [0, 0.05) is 11.9 Å². The first-order chi connectivity index (χ1) is 11.8. The molecule has 0 amide bonds. The number of carbonyl (C=O) groups is 2. The fraction of sp³-hybridized carbons (Fsp3) is 0.200. The molecule has 1 aromatic heterocycles. The Kier molecular flexibility index (Phi) is 5.70. The average Bonchev–Trinajstić information content (AvgIpc) is 2.58. The Labute approximate surface area is 150 Å². The highest BCUT2D eigenvalue weighted by atomic mass is 35.5. The van der Waals surface area contributed by atoms with E-state index in [4.69, 9.17) is 22.1 Å². The molecule has 0 spiro atoms. The predicted molar refractivity (Wildman–Crippen MR) is 94.6 cm³/mol. The molecular formula is C15H14ClN3O5S. The zero-order valence-electron chi connectivity index (χ0n) is 13.3. The maximum atomic E-state index is 12.2. The molecule has 0 bridgehead atoms. The Balaban J connectivity index is 2.21. The van der Waals surface area contributed by atoms with Crippen molar-refractivity contribution in [1.29, 1.82) is 0 Å². The van der Waals surface area contributed by atoms with Crippen molar-refractivity contribution in [3.63, 3.8) is 0 Å². The van der Waals surface area contributed by atoms with Crippen molar-refractivity contribution in [1.82, 2.24) is 9.55 Å². The quantitative estimate of drug-likeness (QED) is 0.449. The lowest BCUT2D eigenvalue weighted by molar-refractivity contribution is 0.0474. The van der Waals surface area contributed by atoms with Gasteiger partial charge in [0.1, 0.15) is 11.4 Å². The maximum absolute atomic E-state index is 12.2. The number of ketones is 1. The lowest BCUT2D eigenvalue weighted by Crippen LogP contribution is -2.35. The van der Waals surface area contributed by atoms with Gasteiger partial charge >= 0.3 is 11.7 Å². The maximum Gasteiger partial charge on any atom is 0.340 e. The minimum Gasteiger partial charge on any atom is -0.454 e. The highest BCUT2D eigenvalue weighted by Crippen LogP contribution is 2.23. The average molecular weight is 384 g/mol. The van der Waals surface area contributed by atoms with E-state index in [0.717, 1.165) is 9.46 Å². The Morgan fingerprint density at radius 2 is 2.04 bits per heavy atom. The van der Waals surface area contributed by atoms with Gasteiger partial charge in [0.2, 0.25) is 5.78 Å². The molecule has 0 saturated carbocycles. The van der Waals surface area contributed by atoms with Crippen molar-refractivity contribution in [3.8, 4) is 0 Å². The number of nitrogens with zero attached hydrogens (tertiary/aromatic N) is 1. The largest absolute Gasteiger partial charge is 0.454 e. The second-order valence-corrected chi connectivity index (χ2v) is 6.21. The van der Waals surface area contributed by atoms with Gasteiger partial charge in [-0.3, -0.25) is 19.1 Å². The number of hydrogen-bond acceptors (Lipinski definition) is 7. The Bertz CT molecular complexity index is 967. The number of Topliss-reactive ketones (excluding diaryl/α,β-unsaturated/α-hetero) is 1. The van der Waals surface area contributed by atoms with Crippen molar-refractivity contribution in [3.05, 3.63) is 55.2 Å². The number of aromatic nitrogens is 2. The summed E-state index contributed by atoms with van der Waals surface area (Å²) in [5, 5.41) is 0.176. The zero-order valence-corrected chi connectivity index (χ0v) is 14.9. The number of benzene rings is 1. The van der Waals surface area contributed by atoms with Gasteiger partial charge in [0.15, 0.2) is 6.61 Å². The molecule has 0 aliphatic carbocycles. The monoisotopic (exact) mass is 383 g/mol. The van der Waals surface area contributed by atoms with E-state index in [1.54, 1.807) is 12.1 Å². The lowest BCUT2D eigenvalue weighted by atomic mass is 10.2. The van der Waals surface area contributed by atoms with Crippen LogP contribution in [-0.4, -0.2) is 34.2 Å². The summed E-state index contributed by atoms with van der Waals surface area (Å²) in [5.41, 5.74) is 3.58. The number of H-pyrrole nitrogens is 1. The van der Waals surface area contributed by atoms with Crippen LogP contribution in [0.3, 0.4) is 0 Å². The molecule has 0 fully saturated rings. The first-order valence-electron chi connectivity index (χ1n) is 6.89. The third kappa shape index (κ3) is 3.94. The molecule has 0 unspecified atom stereocenters. The summed E-state index contributed by atoms with van der Waals surface area (Å²) in [4.78, 5) is 50.2. The van der Waals surface area contributed by atoms with Gasteiger partial charge in [-0.1, -0.05) is 11.6 Å². The van der Waals surface area contributed by atoms with Crippen LogP contribution in [0.25, 0.3) is 0 Å². The van der Waals surface area contributed by atoms with Gasteiger partial charge < -0.3 is 10.5 Å². The number of aromatic amines is 1. The van der Waals surface area contributed by atoms with E-state index in [1.165, 1.54) is 24.9 Å². The van der Waals surface area contributed by atoms with Crippen molar-refractivity contribution in [2.45, 2.75) is 4.90 Å². The number of nitrogens with one attached hydrogen (secondary N) is 1. The molecule has 0 saturated heterocycles. The molecule has 1 aromatic carbocycles. The van der Waals surface area contributed by atoms with E-state index < -0.39 is 35.2 Å². The highest BCUT2D eigenvalue weighted by Gasteiger charge is 2.21. The van der Waals surface area contributed by atoms with E-state index in [1.807, 2.05) is 11.2 Å². The first kappa shape index (κ1) is 18.8. The SMILES string of the molecule is CSc1ccc(Cl)c(C(=O)OCC(=O)c2c(N)n(C)c(=O)[nH]c2=O)c1. The second-order valence-electron chi connectivity index (χ2n) is 4.92. The zero-order chi connectivity index (χ0) is 18.7. The standard InChI is InChI=1S/C15H14ClN3O5S/c1-19-12(17)11(13(21)18-15(19)23)10(20)6-24-14(22)8-5-7(25-2)3-4-9(8)16/h3-5H,6,17H2,1-2H3,(H,18,21,23). The van der Waals surface area contributed by atoms with Gasteiger partial charge in [-0.05, 0) is 24.5 Å². The molecule has 2 aromatic rings. The molecule has 8 nitrogen and oxygen atoms in total.